The predicted octanol–water partition coefficient (Wildman–Crippen LogP) is 5.51. The maximum Gasteiger partial charge on any atom is 0.134 e. The van der Waals surface area contributed by atoms with Crippen LogP contribution < -0.4 is 10.9 Å². The van der Waals surface area contributed by atoms with Crippen LogP contribution in [0, 0.1) is 0 Å². The van der Waals surface area contributed by atoms with Gasteiger partial charge in [0.05, 0.1) is 27.0 Å². The third-order valence-electron chi connectivity index (χ3n) is 3.03. The van der Waals surface area contributed by atoms with Gasteiger partial charge in [-0.1, -0.05) is 46.9 Å². The molecule has 2 aromatic carbocycles. The van der Waals surface area contributed by atoms with Crippen molar-refractivity contribution in [1.82, 2.24) is 5.43 Å². The van der Waals surface area contributed by atoms with E-state index in [0.29, 0.717) is 21.6 Å². The summed E-state index contributed by atoms with van der Waals surface area (Å²) < 4.78 is 5.37. The van der Waals surface area contributed by atoms with Gasteiger partial charge in [-0.25, -0.2) is 5.43 Å². The Hall–Kier alpha value is -1.39. The third-order valence-corrected chi connectivity index (χ3v) is 4.23. The molecule has 6 heteroatoms. The monoisotopic (exact) mass is 340 g/mol. The molecule has 0 spiro atoms. The number of hydrazine groups is 1. The topological polar surface area (TPSA) is 37.2 Å². The van der Waals surface area contributed by atoms with Crippen LogP contribution in [0.4, 0.5) is 5.69 Å². The zero-order valence-corrected chi connectivity index (χ0v) is 13.1. The molecule has 0 unspecified atom stereocenters. The molecule has 0 amide bonds. The summed E-state index contributed by atoms with van der Waals surface area (Å²) in [5, 5.41) is 2.26. The van der Waals surface area contributed by atoms with Crippen LogP contribution in [0.5, 0.6) is 0 Å². The SMILES string of the molecule is Clc1cc(NNCc2ccc3ccoc3c2)cc(Cl)c1Cl. The highest BCUT2D eigenvalue weighted by Gasteiger charge is 2.05. The first kappa shape index (κ1) is 14.5. The number of furan rings is 1. The van der Waals surface area contributed by atoms with Crippen molar-refractivity contribution in [2.75, 3.05) is 5.43 Å². The maximum atomic E-state index is 5.97. The number of hydrogen-bond acceptors (Lipinski definition) is 3. The molecule has 0 saturated carbocycles. The second-order valence-corrected chi connectivity index (χ2v) is 5.72. The Morgan fingerprint density at radius 1 is 0.952 bits per heavy atom. The van der Waals surface area contributed by atoms with Crippen molar-refractivity contribution < 1.29 is 4.42 Å². The van der Waals surface area contributed by atoms with E-state index < -0.39 is 0 Å². The fraction of sp³-hybridized carbons (Fsp3) is 0.0667. The molecule has 108 valence electrons. The second-order valence-electron chi connectivity index (χ2n) is 4.53. The number of benzene rings is 2. The van der Waals surface area contributed by atoms with Crippen LogP contribution in [0.2, 0.25) is 15.1 Å². The number of anilines is 1. The van der Waals surface area contributed by atoms with E-state index in [-0.39, 0.29) is 0 Å². The lowest BCUT2D eigenvalue weighted by Crippen LogP contribution is -2.20. The predicted molar refractivity (Wildman–Crippen MR) is 88.1 cm³/mol. The molecule has 1 heterocycles. The van der Waals surface area contributed by atoms with E-state index >= 15 is 0 Å². The summed E-state index contributed by atoms with van der Waals surface area (Å²) in [6, 6.07) is 11.4. The fourth-order valence-corrected chi connectivity index (χ4v) is 2.58. The molecule has 0 radical (unpaired) electrons. The molecule has 0 bridgehead atoms. The van der Waals surface area contributed by atoms with E-state index in [1.807, 2.05) is 24.3 Å². The van der Waals surface area contributed by atoms with Crippen LogP contribution in [0.1, 0.15) is 5.56 Å². The average molecular weight is 342 g/mol. The summed E-state index contributed by atoms with van der Waals surface area (Å²) >= 11 is 17.8. The number of nitrogens with one attached hydrogen (secondary N) is 2. The van der Waals surface area contributed by atoms with E-state index in [1.54, 1.807) is 18.4 Å². The van der Waals surface area contributed by atoms with Crippen LogP contribution in [-0.2, 0) is 6.54 Å². The van der Waals surface area contributed by atoms with E-state index in [0.717, 1.165) is 22.2 Å². The molecule has 3 rings (SSSR count). The molecular formula is C15H11Cl3N2O. The van der Waals surface area contributed by atoms with Crippen molar-refractivity contribution in [3.63, 3.8) is 0 Å². The van der Waals surface area contributed by atoms with Crippen molar-refractivity contribution in [1.29, 1.82) is 0 Å². The van der Waals surface area contributed by atoms with Gasteiger partial charge >= 0.3 is 0 Å². The van der Waals surface area contributed by atoms with Gasteiger partial charge < -0.3 is 9.84 Å². The first-order valence-corrected chi connectivity index (χ1v) is 7.36. The van der Waals surface area contributed by atoms with Gasteiger partial charge in [0.25, 0.3) is 0 Å². The largest absolute Gasteiger partial charge is 0.464 e. The van der Waals surface area contributed by atoms with Crippen molar-refractivity contribution in [3.8, 4) is 0 Å². The van der Waals surface area contributed by atoms with Gasteiger partial charge in [-0.3, -0.25) is 0 Å². The molecule has 0 fully saturated rings. The molecule has 2 N–H and O–H groups in total. The maximum absolute atomic E-state index is 5.97. The molecule has 0 aliphatic carbocycles. The van der Waals surface area contributed by atoms with Crippen LogP contribution in [0.3, 0.4) is 0 Å². The molecule has 3 nitrogen and oxygen atoms in total. The van der Waals surface area contributed by atoms with Crippen molar-refractivity contribution in [3.05, 3.63) is 63.3 Å². The molecular weight excluding hydrogens is 331 g/mol. The minimum atomic E-state index is 0.354. The Morgan fingerprint density at radius 3 is 2.48 bits per heavy atom. The van der Waals surface area contributed by atoms with E-state index in [4.69, 9.17) is 39.2 Å². The van der Waals surface area contributed by atoms with Crippen molar-refractivity contribution >= 4 is 51.5 Å². The summed E-state index contributed by atoms with van der Waals surface area (Å²) in [4.78, 5) is 0. The summed E-state index contributed by atoms with van der Waals surface area (Å²) in [5.74, 6) is 0. The lowest BCUT2D eigenvalue weighted by molar-refractivity contribution is 0.615. The zero-order valence-electron chi connectivity index (χ0n) is 10.8. The van der Waals surface area contributed by atoms with Gasteiger partial charge in [-0.15, -0.1) is 0 Å². The van der Waals surface area contributed by atoms with Gasteiger partial charge in [0.1, 0.15) is 5.58 Å². The van der Waals surface area contributed by atoms with Gasteiger partial charge in [-0.2, -0.15) is 0 Å². The third kappa shape index (κ3) is 3.27. The Balaban J connectivity index is 1.65. The highest BCUT2D eigenvalue weighted by Crippen LogP contribution is 2.32. The van der Waals surface area contributed by atoms with E-state index in [1.165, 1.54) is 0 Å². The van der Waals surface area contributed by atoms with Crippen LogP contribution in [-0.4, -0.2) is 0 Å². The summed E-state index contributed by atoms with van der Waals surface area (Å²) in [5.41, 5.74) is 8.84. The number of hydrogen-bond donors (Lipinski definition) is 2. The lowest BCUT2D eigenvalue weighted by Gasteiger charge is -2.10. The van der Waals surface area contributed by atoms with Crippen molar-refractivity contribution in [2.45, 2.75) is 6.54 Å². The van der Waals surface area contributed by atoms with Gasteiger partial charge in [-0.05, 0) is 29.8 Å². The van der Waals surface area contributed by atoms with Gasteiger partial charge in [0, 0.05) is 11.9 Å². The summed E-state index contributed by atoms with van der Waals surface area (Å²) in [6.45, 7) is 0.620. The fourth-order valence-electron chi connectivity index (χ4n) is 1.99. The van der Waals surface area contributed by atoms with Gasteiger partial charge in [0.2, 0.25) is 0 Å². The molecule has 3 aromatic rings. The Labute approximate surface area is 136 Å². The quantitative estimate of drug-likeness (QED) is 0.485. The minimum Gasteiger partial charge on any atom is -0.464 e. The molecule has 21 heavy (non-hydrogen) atoms. The highest BCUT2D eigenvalue weighted by molar-refractivity contribution is 6.48. The molecule has 0 saturated heterocycles. The minimum absolute atomic E-state index is 0.354. The van der Waals surface area contributed by atoms with Crippen LogP contribution in [0.15, 0.2) is 47.1 Å². The van der Waals surface area contributed by atoms with E-state index in [2.05, 4.69) is 10.9 Å². The van der Waals surface area contributed by atoms with Crippen LogP contribution >= 0.6 is 34.8 Å². The summed E-state index contributed by atoms with van der Waals surface area (Å²) in [7, 11) is 0. The first-order chi connectivity index (χ1) is 10.1. The molecule has 0 aliphatic heterocycles. The Bertz CT molecular complexity index is 762. The highest BCUT2D eigenvalue weighted by atomic mass is 35.5. The molecule has 0 atom stereocenters. The second kappa shape index (κ2) is 6.16. The number of fused-ring (bicyclic) bond motifs is 1. The number of rotatable bonds is 4. The Kier molecular flexibility index (Phi) is 4.27. The molecule has 0 aliphatic rings. The summed E-state index contributed by atoms with van der Waals surface area (Å²) in [6.07, 6.45) is 1.68. The van der Waals surface area contributed by atoms with Crippen molar-refractivity contribution in [2.24, 2.45) is 0 Å². The van der Waals surface area contributed by atoms with Gasteiger partial charge in [0.15, 0.2) is 0 Å². The van der Waals surface area contributed by atoms with Crippen LogP contribution in [0.25, 0.3) is 11.0 Å². The Morgan fingerprint density at radius 2 is 1.71 bits per heavy atom. The first-order valence-electron chi connectivity index (χ1n) is 6.23. The standard InChI is InChI=1S/C15H11Cl3N2O/c16-12-6-11(7-13(17)15(12)18)20-19-8-9-1-2-10-3-4-21-14(10)5-9/h1-7,19-20H,8H2. The zero-order chi connectivity index (χ0) is 14.8. The molecule has 1 aromatic heterocycles. The average Bonchev–Trinajstić information content (AvgIpc) is 2.92. The normalized spacial score (nSPS) is 11.0. The lowest BCUT2D eigenvalue weighted by atomic mass is 10.2. The smallest absolute Gasteiger partial charge is 0.134 e. The van der Waals surface area contributed by atoms with E-state index in [9.17, 15) is 0 Å². The number of halogens is 3.